The first-order valence-electron chi connectivity index (χ1n) is 32.0. The number of ether oxygens (including phenoxy) is 3. The molecule has 6 heteroatoms. The highest BCUT2D eigenvalue weighted by Gasteiger charge is 2.19. The molecule has 0 saturated heterocycles. The predicted molar refractivity (Wildman–Crippen MR) is 334 cm³/mol. The monoisotopic (exact) mass is 1070 g/mol. The van der Waals surface area contributed by atoms with Gasteiger partial charge in [0.2, 0.25) is 0 Å². The minimum atomic E-state index is -0.783. The summed E-state index contributed by atoms with van der Waals surface area (Å²) >= 11 is 0. The maximum atomic E-state index is 12.8. The average molecular weight is 1070 g/mol. The first-order chi connectivity index (χ1) is 38.0. The van der Waals surface area contributed by atoms with E-state index in [1.807, 2.05) is 0 Å². The minimum Gasteiger partial charge on any atom is -0.462 e. The molecular formula is C71H118O6. The van der Waals surface area contributed by atoms with E-state index in [1.54, 1.807) is 0 Å². The van der Waals surface area contributed by atoms with Gasteiger partial charge < -0.3 is 14.2 Å². The molecule has 0 spiro atoms. The van der Waals surface area contributed by atoms with Crippen LogP contribution < -0.4 is 0 Å². The fourth-order valence-corrected chi connectivity index (χ4v) is 8.67. The standard InChI is InChI=1S/C71H118O6/c1-4-7-10-13-16-18-20-22-24-26-28-29-30-31-32-33-34-35-36-37-38-39-40-41-43-44-46-48-50-52-55-58-61-64-70(73)76-67-68(66-75-69(72)63-60-57-54-15-12-9-6-3)77-71(74)65-62-59-56-53-51-49-47-45-42-27-25-23-21-19-17-14-11-8-5-2/h7,10,16-19,22-25,28-29,31-32,34-35,37-38,40-41,68H,4-6,8-9,11-15,20-21,26-27,30,33,36,39,42-67H2,1-3H3/b10-7-,18-16-,19-17-,24-22-,25-23-,29-28-,32-31-,35-34-,38-37-,41-40-. The Morgan fingerprint density at radius 1 is 0.273 bits per heavy atom. The number of hydrogen-bond acceptors (Lipinski definition) is 6. The molecule has 438 valence electrons. The van der Waals surface area contributed by atoms with Crippen molar-refractivity contribution in [3.63, 3.8) is 0 Å². The summed E-state index contributed by atoms with van der Waals surface area (Å²) in [5, 5.41) is 0. The average Bonchev–Trinajstić information content (AvgIpc) is 3.43. The van der Waals surface area contributed by atoms with Crippen molar-refractivity contribution in [2.45, 2.75) is 297 Å². The molecule has 0 rings (SSSR count). The van der Waals surface area contributed by atoms with Crippen LogP contribution in [0.5, 0.6) is 0 Å². The number of hydrogen-bond donors (Lipinski definition) is 0. The molecule has 0 aromatic carbocycles. The molecule has 0 saturated carbocycles. The smallest absolute Gasteiger partial charge is 0.306 e. The van der Waals surface area contributed by atoms with Crippen molar-refractivity contribution in [1.29, 1.82) is 0 Å². The maximum Gasteiger partial charge on any atom is 0.306 e. The lowest BCUT2D eigenvalue weighted by molar-refractivity contribution is -0.167. The van der Waals surface area contributed by atoms with Crippen LogP contribution in [-0.2, 0) is 28.6 Å². The zero-order valence-corrected chi connectivity index (χ0v) is 50.2. The van der Waals surface area contributed by atoms with Gasteiger partial charge in [0.05, 0.1) is 0 Å². The molecule has 0 N–H and O–H groups in total. The lowest BCUT2D eigenvalue weighted by Crippen LogP contribution is -2.30. The van der Waals surface area contributed by atoms with Crippen LogP contribution in [0.1, 0.15) is 290 Å². The van der Waals surface area contributed by atoms with Gasteiger partial charge in [0.15, 0.2) is 6.10 Å². The van der Waals surface area contributed by atoms with Crippen LogP contribution in [0.3, 0.4) is 0 Å². The van der Waals surface area contributed by atoms with Gasteiger partial charge in [-0.15, -0.1) is 0 Å². The molecular weight excluding hydrogens is 949 g/mol. The van der Waals surface area contributed by atoms with Crippen LogP contribution in [0.15, 0.2) is 122 Å². The van der Waals surface area contributed by atoms with Gasteiger partial charge in [-0.05, 0) is 116 Å². The van der Waals surface area contributed by atoms with Crippen molar-refractivity contribution in [3.8, 4) is 0 Å². The molecule has 1 unspecified atom stereocenters. The highest BCUT2D eigenvalue weighted by Crippen LogP contribution is 2.15. The molecule has 1 atom stereocenters. The van der Waals surface area contributed by atoms with E-state index in [1.165, 1.54) is 128 Å². The Kier molecular flexibility index (Phi) is 60.8. The third-order valence-electron chi connectivity index (χ3n) is 13.5. The number of carbonyl (C=O) groups excluding carboxylic acids is 3. The van der Waals surface area contributed by atoms with E-state index in [2.05, 4.69) is 142 Å². The second-order valence-corrected chi connectivity index (χ2v) is 20.9. The zero-order valence-electron chi connectivity index (χ0n) is 50.2. The van der Waals surface area contributed by atoms with Gasteiger partial charge >= 0.3 is 17.9 Å². The van der Waals surface area contributed by atoms with Crippen LogP contribution >= 0.6 is 0 Å². The Balaban J connectivity index is 4.15. The quantitative estimate of drug-likeness (QED) is 0.0261. The summed E-state index contributed by atoms with van der Waals surface area (Å²) in [4.78, 5) is 38.1. The molecule has 0 radical (unpaired) electrons. The topological polar surface area (TPSA) is 78.9 Å². The Morgan fingerprint density at radius 2 is 0.506 bits per heavy atom. The fourth-order valence-electron chi connectivity index (χ4n) is 8.67. The van der Waals surface area contributed by atoms with E-state index in [0.717, 1.165) is 122 Å². The molecule has 6 nitrogen and oxygen atoms in total. The molecule has 77 heavy (non-hydrogen) atoms. The first kappa shape index (κ1) is 72.8. The van der Waals surface area contributed by atoms with Gasteiger partial charge in [0.1, 0.15) is 13.2 Å². The van der Waals surface area contributed by atoms with Gasteiger partial charge in [0, 0.05) is 19.3 Å². The molecule has 0 aliphatic heterocycles. The Bertz CT molecular complexity index is 1600. The third-order valence-corrected chi connectivity index (χ3v) is 13.5. The summed E-state index contributed by atoms with van der Waals surface area (Å²) in [7, 11) is 0. The molecule has 0 amide bonds. The van der Waals surface area contributed by atoms with Crippen LogP contribution in [-0.4, -0.2) is 37.2 Å². The maximum absolute atomic E-state index is 12.8. The number of esters is 3. The molecule has 0 aliphatic rings. The summed E-state index contributed by atoms with van der Waals surface area (Å²) < 4.78 is 16.8. The minimum absolute atomic E-state index is 0.0822. The molecule has 0 fully saturated rings. The van der Waals surface area contributed by atoms with Crippen molar-refractivity contribution >= 4 is 17.9 Å². The molecule has 0 heterocycles. The van der Waals surface area contributed by atoms with Crippen molar-refractivity contribution < 1.29 is 28.6 Å². The largest absolute Gasteiger partial charge is 0.462 e. The second-order valence-electron chi connectivity index (χ2n) is 20.9. The Labute approximate surface area is 475 Å². The number of allylic oxidation sites excluding steroid dienone is 20. The van der Waals surface area contributed by atoms with Crippen molar-refractivity contribution in [1.82, 2.24) is 0 Å². The van der Waals surface area contributed by atoms with Gasteiger partial charge in [-0.2, -0.15) is 0 Å². The van der Waals surface area contributed by atoms with E-state index in [4.69, 9.17) is 14.2 Å². The van der Waals surface area contributed by atoms with Crippen LogP contribution in [0.25, 0.3) is 0 Å². The summed E-state index contributed by atoms with van der Waals surface area (Å²) in [6, 6.07) is 0. The molecule has 0 bridgehead atoms. The normalized spacial score (nSPS) is 12.9. The van der Waals surface area contributed by atoms with E-state index in [-0.39, 0.29) is 31.1 Å². The zero-order chi connectivity index (χ0) is 55.7. The summed E-state index contributed by atoms with van der Waals surface area (Å²) in [5.74, 6) is -0.898. The Hall–Kier alpha value is -4.19. The number of carbonyl (C=O) groups is 3. The number of unbranched alkanes of at least 4 members (excludes halogenated alkanes) is 26. The first-order valence-corrected chi connectivity index (χ1v) is 32.0. The van der Waals surface area contributed by atoms with E-state index in [9.17, 15) is 14.4 Å². The van der Waals surface area contributed by atoms with Crippen molar-refractivity contribution in [2.75, 3.05) is 13.2 Å². The van der Waals surface area contributed by atoms with E-state index in [0.29, 0.717) is 19.3 Å². The lowest BCUT2D eigenvalue weighted by Gasteiger charge is -2.18. The fraction of sp³-hybridized carbons (Fsp3) is 0.676. The molecule has 0 aromatic rings. The third kappa shape index (κ3) is 62.5. The van der Waals surface area contributed by atoms with Gasteiger partial charge in [0.25, 0.3) is 0 Å². The summed E-state index contributed by atoms with van der Waals surface area (Å²) in [6.07, 6.45) is 89.4. The Morgan fingerprint density at radius 3 is 0.818 bits per heavy atom. The predicted octanol–water partition coefficient (Wildman–Crippen LogP) is 22.0. The van der Waals surface area contributed by atoms with Crippen LogP contribution in [0.2, 0.25) is 0 Å². The number of rotatable bonds is 57. The molecule has 0 aliphatic carbocycles. The summed E-state index contributed by atoms with van der Waals surface area (Å²) in [6.45, 7) is 6.46. The van der Waals surface area contributed by atoms with Crippen molar-refractivity contribution in [3.05, 3.63) is 122 Å². The van der Waals surface area contributed by atoms with Crippen LogP contribution in [0.4, 0.5) is 0 Å². The van der Waals surface area contributed by atoms with Gasteiger partial charge in [-0.3, -0.25) is 14.4 Å². The summed E-state index contributed by atoms with van der Waals surface area (Å²) in [5.41, 5.74) is 0. The van der Waals surface area contributed by atoms with Crippen molar-refractivity contribution in [2.24, 2.45) is 0 Å². The highest BCUT2D eigenvalue weighted by atomic mass is 16.6. The van der Waals surface area contributed by atoms with Crippen LogP contribution in [0, 0.1) is 0 Å². The lowest BCUT2D eigenvalue weighted by atomic mass is 10.1. The molecule has 0 aromatic heterocycles. The van der Waals surface area contributed by atoms with E-state index >= 15 is 0 Å². The van der Waals surface area contributed by atoms with Gasteiger partial charge in [-0.25, -0.2) is 0 Å². The highest BCUT2D eigenvalue weighted by molar-refractivity contribution is 5.71. The SMILES string of the molecule is CC/C=C\C/C=C\C/C=C\C/C=C\C/C=C\C/C=C\C/C=C\C/C=C\CCCCCCCCCCC(=O)OCC(COC(=O)CCCCCCCCC)OC(=O)CCCCCCCCCCC/C=C\C/C=C\CCCCC. The second kappa shape index (κ2) is 64.3. The van der Waals surface area contributed by atoms with Gasteiger partial charge in [-0.1, -0.05) is 277 Å². The van der Waals surface area contributed by atoms with E-state index < -0.39 is 6.10 Å².